The fraction of sp³-hybridized carbons (Fsp3) is 0.133. The molecule has 0 saturated carbocycles. The number of fused-ring (bicyclic) bond motifs is 1. The zero-order valence-electron chi connectivity index (χ0n) is 11.1. The molecular weight excluding hydrogens is 286 g/mol. The number of carbonyl (C=O) groups is 1. The Morgan fingerprint density at radius 1 is 1.33 bits per heavy atom. The van der Waals surface area contributed by atoms with Crippen molar-refractivity contribution in [1.29, 1.82) is 0 Å². The van der Waals surface area contributed by atoms with Gasteiger partial charge in [0.05, 0.1) is 12.1 Å². The van der Waals surface area contributed by atoms with Crippen molar-refractivity contribution in [2.24, 2.45) is 0 Å². The second-order valence-electron chi connectivity index (χ2n) is 4.57. The minimum atomic E-state index is -0.808. The third-order valence-corrected chi connectivity index (χ3v) is 3.88. The molecule has 0 aliphatic rings. The molecule has 2 N–H and O–H groups in total. The van der Waals surface area contributed by atoms with Gasteiger partial charge in [-0.05, 0) is 17.5 Å². The van der Waals surface area contributed by atoms with E-state index in [4.69, 9.17) is 5.11 Å². The van der Waals surface area contributed by atoms with Crippen molar-refractivity contribution >= 4 is 38.9 Å². The summed E-state index contributed by atoms with van der Waals surface area (Å²) in [6.07, 6.45) is 4.13. The average Bonchev–Trinajstić information content (AvgIpc) is 2.93. The quantitative estimate of drug-likeness (QED) is 0.754. The molecule has 0 amide bonds. The minimum Gasteiger partial charge on any atom is -0.481 e. The van der Waals surface area contributed by atoms with Crippen LogP contribution in [0.5, 0.6) is 0 Å². The third-order valence-electron chi connectivity index (χ3n) is 3.07. The lowest BCUT2D eigenvalue weighted by Crippen LogP contribution is -1.98. The van der Waals surface area contributed by atoms with Crippen molar-refractivity contribution in [3.05, 3.63) is 47.7 Å². The summed E-state index contributed by atoms with van der Waals surface area (Å²) in [6, 6.07) is 7.94. The fourth-order valence-corrected chi connectivity index (χ4v) is 2.81. The lowest BCUT2D eigenvalue weighted by molar-refractivity contribution is -0.136. The van der Waals surface area contributed by atoms with Crippen molar-refractivity contribution in [1.82, 2.24) is 9.97 Å². The van der Waals surface area contributed by atoms with Gasteiger partial charge in [-0.1, -0.05) is 12.1 Å². The van der Waals surface area contributed by atoms with E-state index in [2.05, 4.69) is 15.3 Å². The minimum absolute atomic E-state index is 0.0986. The van der Waals surface area contributed by atoms with Crippen LogP contribution >= 0.6 is 11.3 Å². The van der Waals surface area contributed by atoms with Crippen molar-refractivity contribution in [2.45, 2.75) is 12.8 Å². The predicted molar refractivity (Wildman–Crippen MR) is 83.1 cm³/mol. The van der Waals surface area contributed by atoms with E-state index in [1.807, 2.05) is 35.8 Å². The number of thiazole rings is 1. The Balaban J connectivity index is 1.81. The maximum absolute atomic E-state index is 10.6. The van der Waals surface area contributed by atoms with E-state index >= 15 is 0 Å². The number of pyridine rings is 1. The number of benzene rings is 1. The highest BCUT2D eigenvalue weighted by atomic mass is 32.1. The lowest BCUT2D eigenvalue weighted by atomic mass is 10.1. The topological polar surface area (TPSA) is 75.1 Å². The molecule has 1 aromatic carbocycles. The molecule has 6 heteroatoms. The van der Waals surface area contributed by atoms with Gasteiger partial charge < -0.3 is 10.4 Å². The van der Waals surface area contributed by atoms with Crippen LogP contribution in [-0.2, 0) is 11.2 Å². The summed E-state index contributed by atoms with van der Waals surface area (Å²) in [5.41, 5.74) is 1.74. The van der Waals surface area contributed by atoms with E-state index in [0.717, 1.165) is 27.3 Å². The second-order valence-corrected chi connectivity index (χ2v) is 5.42. The Bertz CT molecular complexity index is 780. The first kappa shape index (κ1) is 13.5. The largest absolute Gasteiger partial charge is 0.481 e. The van der Waals surface area contributed by atoms with Crippen molar-refractivity contribution in [3.63, 3.8) is 0 Å². The number of aromatic nitrogens is 2. The van der Waals surface area contributed by atoms with Gasteiger partial charge in [-0.3, -0.25) is 9.78 Å². The molecule has 3 rings (SSSR count). The van der Waals surface area contributed by atoms with Gasteiger partial charge in [0, 0.05) is 35.3 Å². The van der Waals surface area contributed by atoms with Crippen LogP contribution in [0.2, 0.25) is 0 Å². The number of hydrogen-bond donors (Lipinski definition) is 2. The first-order chi connectivity index (χ1) is 10.2. The van der Waals surface area contributed by atoms with E-state index in [1.54, 1.807) is 6.20 Å². The molecule has 0 aliphatic carbocycles. The fourth-order valence-electron chi connectivity index (χ4n) is 2.05. The summed E-state index contributed by atoms with van der Waals surface area (Å²) in [5.74, 6) is -0.808. The van der Waals surface area contributed by atoms with E-state index < -0.39 is 5.97 Å². The highest BCUT2D eigenvalue weighted by molar-refractivity contribution is 7.13. The molecule has 2 aromatic heterocycles. The van der Waals surface area contributed by atoms with Gasteiger partial charge in [-0.2, -0.15) is 0 Å². The Hall–Kier alpha value is -2.47. The van der Waals surface area contributed by atoms with E-state index in [1.165, 1.54) is 11.3 Å². The highest BCUT2D eigenvalue weighted by Gasteiger charge is 2.06. The molecular formula is C15H13N3O2S. The van der Waals surface area contributed by atoms with Crippen LogP contribution in [0.25, 0.3) is 10.8 Å². The maximum Gasteiger partial charge on any atom is 0.303 e. The van der Waals surface area contributed by atoms with Crippen LogP contribution in [0.4, 0.5) is 10.8 Å². The molecule has 0 spiro atoms. The number of rotatable bonds is 5. The number of nitrogens with zero attached hydrogens (tertiary/aromatic N) is 2. The highest BCUT2D eigenvalue weighted by Crippen LogP contribution is 2.27. The molecule has 0 atom stereocenters. The molecule has 0 aliphatic heterocycles. The zero-order chi connectivity index (χ0) is 14.7. The number of anilines is 2. The molecule has 0 saturated heterocycles. The zero-order valence-corrected chi connectivity index (χ0v) is 11.9. The monoisotopic (exact) mass is 299 g/mol. The summed E-state index contributed by atoms with van der Waals surface area (Å²) in [4.78, 5) is 19.1. The lowest BCUT2D eigenvalue weighted by Gasteiger charge is -2.06. The standard InChI is InChI=1S/C15H13N3O2S/c19-14(20)5-4-11-9-21-15(17-11)18-13-3-1-2-10-6-7-16-8-12(10)13/h1-3,6-9H,4-5H2,(H,17,18)(H,19,20). The number of aryl methyl sites for hydroxylation is 1. The van der Waals surface area contributed by atoms with Gasteiger partial charge in [0.15, 0.2) is 5.13 Å². The Morgan fingerprint density at radius 2 is 2.24 bits per heavy atom. The van der Waals surface area contributed by atoms with Gasteiger partial charge in [0.25, 0.3) is 0 Å². The second kappa shape index (κ2) is 5.88. The molecule has 0 unspecified atom stereocenters. The van der Waals surface area contributed by atoms with Crippen LogP contribution in [0.3, 0.4) is 0 Å². The molecule has 0 bridgehead atoms. The van der Waals surface area contributed by atoms with E-state index in [-0.39, 0.29) is 6.42 Å². The molecule has 3 aromatic rings. The Kier molecular flexibility index (Phi) is 3.79. The number of aliphatic carboxylic acids is 1. The first-order valence-electron chi connectivity index (χ1n) is 6.48. The Morgan fingerprint density at radius 3 is 3.10 bits per heavy atom. The van der Waals surface area contributed by atoms with Gasteiger partial charge in [-0.15, -0.1) is 11.3 Å². The summed E-state index contributed by atoms with van der Waals surface area (Å²) in [6.45, 7) is 0. The van der Waals surface area contributed by atoms with Gasteiger partial charge in [0.2, 0.25) is 0 Å². The third kappa shape index (κ3) is 3.17. The van der Waals surface area contributed by atoms with Crippen LogP contribution in [0, 0.1) is 0 Å². The number of hydrogen-bond acceptors (Lipinski definition) is 5. The van der Waals surface area contributed by atoms with Crippen LogP contribution < -0.4 is 5.32 Å². The summed E-state index contributed by atoms with van der Waals surface area (Å²) in [7, 11) is 0. The number of carboxylic acid groups (broad SMARTS) is 1. The van der Waals surface area contributed by atoms with Crippen molar-refractivity contribution in [2.75, 3.05) is 5.32 Å². The van der Waals surface area contributed by atoms with E-state index in [0.29, 0.717) is 6.42 Å². The van der Waals surface area contributed by atoms with Crippen molar-refractivity contribution in [3.8, 4) is 0 Å². The molecule has 0 radical (unpaired) electrons. The summed E-state index contributed by atoms with van der Waals surface area (Å²) < 4.78 is 0. The van der Waals surface area contributed by atoms with Crippen LogP contribution in [0.15, 0.2) is 42.0 Å². The molecule has 2 heterocycles. The van der Waals surface area contributed by atoms with Gasteiger partial charge >= 0.3 is 5.97 Å². The van der Waals surface area contributed by atoms with E-state index in [9.17, 15) is 4.79 Å². The first-order valence-corrected chi connectivity index (χ1v) is 7.36. The average molecular weight is 299 g/mol. The summed E-state index contributed by atoms with van der Waals surface area (Å²) in [5, 5.41) is 16.7. The number of carboxylic acids is 1. The summed E-state index contributed by atoms with van der Waals surface area (Å²) >= 11 is 1.47. The normalized spacial score (nSPS) is 10.7. The molecule has 5 nitrogen and oxygen atoms in total. The molecule has 106 valence electrons. The maximum atomic E-state index is 10.6. The van der Waals surface area contributed by atoms with Crippen LogP contribution in [0.1, 0.15) is 12.1 Å². The predicted octanol–water partition coefficient (Wildman–Crippen LogP) is 3.45. The smallest absolute Gasteiger partial charge is 0.303 e. The molecule has 21 heavy (non-hydrogen) atoms. The van der Waals surface area contributed by atoms with Crippen LogP contribution in [-0.4, -0.2) is 21.0 Å². The van der Waals surface area contributed by atoms with Gasteiger partial charge in [0.1, 0.15) is 0 Å². The Labute approximate surface area is 125 Å². The van der Waals surface area contributed by atoms with Gasteiger partial charge in [-0.25, -0.2) is 4.98 Å². The SMILES string of the molecule is O=C(O)CCc1csc(Nc2cccc3ccncc23)n1. The van der Waals surface area contributed by atoms with Crippen molar-refractivity contribution < 1.29 is 9.90 Å². The number of nitrogens with one attached hydrogen (secondary N) is 1. The molecule has 0 fully saturated rings.